The number of fused-ring (bicyclic) bond motifs is 1. The third kappa shape index (κ3) is 4.76. The number of aromatic nitrogens is 2. The van der Waals surface area contributed by atoms with Gasteiger partial charge >= 0.3 is 0 Å². The van der Waals surface area contributed by atoms with Crippen LogP contribution in [-0.2, 0) is 0 Å². The van der Waals surface area contributed by atoms with Gasteiger partial charge < -0.3 is 19.9 Å². The third-order valence-electron chi connectivity index (χ3n) is 6.40. The number of hydrogen-bond donors (Lipinski definition) is 1. The van der Waals surface area contributed by atoms with Gasteiger partial charge in [0.25, 0.3) is 0 Å². The van der Waals surface area contributed by atoms with Gasteiger partial charge in [-0.1, -0.05) is 35.3 Å². The van der Waals surface area contributed by atoms with Gasteiger partial charge in [0.05, 0.1) is 39.6 Å². The maximum Gasteiger partial charge on any atom is 0.139 e. The van der Waals surface area contributed by atoms with E-state index in [1.54, 1.807) is 18.3 Å². The van der Waals surface area contributed by atoms with Crippen molar-refractivity contribution in [2.45, 2.75) is 0 Å². The molecule has 5 rings (SSSR count). The lowest BCUT2D eigenvalue weighted by Gasteiger charge is -2.33. The van der Waals surface area contributed by atoms with Crippen molar-refractivity contribution in [1.82, 2.24) is 14.9 Å². The Hall–Kier alpha value is -3.57. The fourth-order valence-corrected chi connectivity index (χ4v) is 4.80. The molecule has 1 saturated heterocycles. The summed E-state index contributed by atoms with van der Waals surface area (Å²) in [6, 6.07) is 15.6. The van der Waals surface area contributed by atoms with Gasteiger partial charge in [-0.15, -0.1) is 0 Å². The minimum Gasteiger partial charge on any atom is -0.495 e. The summed E-state index contributed by atoms with van der Waals surface area (Å²) in [5.74, 6) is 1.47. The average molecular weight is 519 g/mol. The summed E-state index contributed by atoms with van der Waals surface area (Å²) in [6.07, 6.45) is 3.46. The van der Waals surface area contributed by atoms with E-state index in [9.17, 15) is 5.26 Å². The molecule has 36 heavy (non-hydrogen) atoms. The Bertz CT molecular complexity index is 1460. The van der Waals surface area contributed by atoms with Crippen LogP contribution in [0, 0.1) is 11.3 Å². The summed E-state index contributed by atoms with van der Waals surface area (Å²) < 4.78 is 5.32. The van der Waals surface area contributed by atoms with Gasteiger partial charge in [0.1, 0.15) is 17.6 Å². The number of rotatable bonds is 5. The lowest BCUT2D eigenvalue weighted by molar-refractivity contribution is 0.312. The Balaban J connectivity index is 1.47. The zero-order valence-electron chi connectivity index (χ0n) is 19.9. The lowest BCUT2D eigenvalue weighted by Crippen LogP contribution is -2.44. The van der Waals surface area contributed by atoms with E-state index in [4.69, 9.17) is 32.9 Å². The van der Waals surface area contributed by atoms with Gasteiger partial charge in [0.15, 0.2) is 0 Å². The zero-order valence-corrected chi connectivity index (χ0v) is 21.4. The van der Waals surface area contributed by atoms with Crippen LogP contribution in [-0.4, -0.2) is 55.2 Å². The number of benzene rings is 2. The number of piperazine rings is 1. The SMILES string of the molecule is COc1cc(Nc2c(C#N)cnc3cc(-c4ccc(N5CCN(C)CC5)nc4)ccc23)c(Cl)cc1Cl. The standard InChI is InChI=1S/C27H24Cl2N6O/c1-34-7-9-35(10-8-34)26-6-4-18(15-32-26)17-3-5-20-23(11-17)31-16-19(14-30)27(20)33-24-13-25(36-2)22(29)12-21(24)28/h3-6,11-13,15-16H,7-10H2,1-2H3,(H,31,33). The summed E-state index contributed by atoms with van der Waals surface area (Å²) in [6.45, 7) is 4.02. The van der Waals surface area contributed by atoms with Crippen LogP contribution in [0.15, 0.2) is 54.9 Å². The number of halogens is 2. The van der Waals surface area contributed by atoms with Crippen molar-refractivity contribution in [1.29, 1.82) is 5.26 Å². The van der Waals surface area contributed by atoms with Crippen molar-refractivity contribution in [2.75, 3.05) is 50.6 Å². The molecule has 0 spiro atoms. The lowest BCUT2D eigenvalue weighted by atomic mass is 10.0. The van der Waals surface area contributed by atoms with E-state index >= 15 is 0 Å². The quantitative estimate of drug-likeness (QED) is 0.348. The van der Waals surface area contributed by atoms with Crippen molar-refractivity contribution in [2.24, 2.45) is 0 Å². The molecule has 0 aliphatic carbocycles. The number of hydrogen-bond acceptors (Lipinski definition) is 7. The number of methoxy groups -OCH3 is 1. The monoisotopic (exact) mass is 518 g/mol. The number of anilines is 3. The van der Waals surface area contributed by atoms with Crippen LogP contribution < -0.4 is 15.0 Å². The maximum absolute atomic E-state index is 9.73. The minimum atomic E-state index is 0.401. The molecule has 4 aromatic rings. The van der Waals surface area contributed by atoms with Crippen molar-refractivity contribution in [3.8, 4) is 22.9 Å². The smallest absolute Gasteiger partial charge is 0.139 e. The van der Waals surface area contributed by atoms with Crippen LogP contribution in [0.5, 0.6) is 5.75 Å². The van der Waals surface area contributed by atoms with Gasteiger partial charge in [0, 0.05) is 55.6 Å². The molecular weight excluding hydrogens is 495 g/mol. The molecule has 0 radical (unpaired) electrons. The van der Waals surface area contributed by atoms with Crippen molar-refractivity contribution in [3.63, 3.8) is 0 Å². The van der Waals surface area contributed by atoms with Crippen LogP contribution in [0.3, 0.4) is 0 Å². The Morgan fingerprint density at radius 1 is 0.944 bits per heavy atom. The summed E-state index contributed by atoms with van der Waals surface area (Å²) in [4.78, 5) is 13.9. The first-order valence-corrected chi connectivity index (χ1v) is 12.2. The van der Waals surface area contributed by atoms with Crippen LogP contribution in [0.25, 0.3) is 22.0 Å². The number of nitriles is 1. The van der Waals surface area contributed by atoms with E-state index in [1.165, 1.54) is 7.11 Å². The Labute approximate surface area is 219 Å². The Morgan fingerprint density at radius 2 is 1.72 bits per heavy atom. The second-order valence-corrected chi connectivity index (χ2v) is 9.49. The van der Waals surface area contributed by atoms with E-state index < -0.39 is 0 Å². The zero-order chi connectivity index (χ0) is 25.2. The van der Waals surface area contributed by atoms with Crippen LogP contribution in [0.4, 0.5) is 17.2 Å². The van der Waals surface area contributed by atoms with E-state index in [1.807, 2.05) is 24.4 Å². The van der Waals surface area contributed by atoms with Crippen LogP contribution >= 0.6 is 23.2 Å². The van der Waals surface area contributed by atoms with E-state index in [0.717, 1.165) is 54.0 Å². The maximum atomic E-state index is 9.73. The number of likely N-dealkylation sites (N-methyl/N-ethyl adjacent to an activating group) is 1. The Kier molecular flexibility index (Phi) is 6.84. The van der Waals surface area contributed by atoms with E-state index in [-0.39, 0.29) is 0 Å². The van der Waals surface area contributed by atoms with E-state index in [2.05, 4.69) is 45.4 Å². The molecule has 1 aliphatic rings. The highest BCUT2D eigenvalue weighted by Gasteiger charge is 2.16. The molecule has 1 fully saturated rings. The number of ether oxygens (including phenoxy) is 1. The second kappa shape index (κ2) is 10.2. The molecule has 0 atom stereocenters. The number of nitrogens with zero attached hydrogens (tertiary/aromatic N) is 5. The molecule has 2 aromatic carbocycles. The predicted octanol–water partition coefficient (Wildman–Crippen LogP) is 5.98. The normalized spacial score (nSPS) is 14.0. The first kappa shape index (κ1) is 24.1. The summed E-state index contributed by atoms with van der Waals surface area (Å²) >= 11 is 12.6. The van der Waals surface area contributed by atoms with Crippen molar-refractivity contribution in [3.05, 3.63) is 70.5 Å². The highest BCUT2D eigenvalue weighted by molar-refractivity contribution is 6.37. The average Bonchev–Trinajstić information content (AvgIpc) is 2.90. The van der Waals surface area contributed by atoms with Gasteiger partial charge in [-0.2, -0.15) is 5.26 Å². The summed E-state index contributed by atoms with van der Waals surface area (Å²) in [5, 5.41) is 14.6. The van der Waals surface area contributed by atoms with Gasteiger partial charge in [0.2, 0.25) is 0 Å². The molecule has 3 heterocycles. The summed E-state index contributed by atoms with van der Waals surface area (Å²) in [5.41, 5.74) is 4.33. The molecular formula is C27H24Cl2N6O. The van der Waals surface area contributed by atoms with Gasteiger partial charge in [-0.3, -0.25) is 4.98 Å². The molecule has 1 aliphatic heterocycles. The molecule has 0 saturated carbocycles. The molecule has 7 nitrogen and oxygen atoms in total. The first-order valence-electron chi connectivity index (χ1n) is 11.5. The molecule has 9 heteroatoms. The highest BCUT2D eigenvalue weighted by atomic mass is 35.5. The Morgan fingerprint density at radius 3 is 2.42 bits per heavy atom. The number of pyridine rings is 2. The predicted molar refractivity (Wildman–Crippen MR) is 146 cm³/mol. The summed E-state index contributed by atoms with van der Waals surface area (Å²) in [7, 11) is 3.68. The molecule has 0 bridgehead atoms. The van der Waals surface area contributed by atoms with Gasteiger partial charge in [-0.05, 0) is 36.9 Å². The van der Waals surface area contributed by atoms with Crippen LogP contribution in [0.2, 0.25) is 10.0 Å². The van der Waals surface area contributed by atoms with Crippen LogP contribution in [0.1, 0.15) is 5.56 Å². The van der Waals surface area contributed by atoms with Crippen molar-refractivity contribution < 1.29 is 4.74 Å². The minimum absolute atomic E-state index is 0.401. The topological polar surface area (TPSA) is 77.3 Å². The molecule has 2 aromatic heterocycles. The largest absolute Gasteiger partial charge is 0.495 e. The van der Waals surface area contributed by atoms with E-state index in [0.29, 0.717) is 32.7 Å². The number of nitrogens with one attached hydrogen (secondary N) is 1. The molecule has 182 valence electrons. The van der Waals surface area contributed by atoms with Crippen molar-refractivity contribution >= 4 is 51.3 Å². The molecule has 1 N–H and O–H groups in total. The second-order valence-electron chi connectivity index (χ2n) is 8.68. The fraction of sp³-hybridized carbons (Fsp3) is 0.222. The first-order chi connectivity index (χ1) is 17.5. The molecule has 0 unspecified atom stereocenters. The fourth-order valence-electron chi connectivity index (χ4n) is 4.29. The highest BCUT2D eigenvalue weighted by Crippen LogP contribution is 2.38. The molecule has 0 amide bonds. The third-order valence-corrected chi connectivity index (χ3v) is 7.01. The van der Waals surface area contributed by atoms with Gasteiger partial charge in [-0.25, -0.2) is 4.98 Å².